The second-order valence-corrected chi connectivity index (χ2v) is 30.3. The van der Waals surface area contributed by atoms with Crippen molar-refractivity contribution in [2.75, 3.05) is 18.1 Å². The van der Waals surface area contributed by atoms with Crippen LogP contribution < -0.4 is 53.6 Å². The number of carbonyl (C=O) groups is 12. The molecule has 17 N–H and O–H groups in total. The van der Waals surface area contributed by atoms with E-state index in [2.05, 4.69) is 62.8 Å². The fourth-order valence-corrected chi connectivity index (χ4v) is 14.6. The fraction of sp³-hybridized carbons (Fsp3) is 0.453. The summed E-state index contributed by atoms with van der Waals surface area (Å²) in [6, 6.07) is 10.6. The van der Waals surface area contributed by atoms with E-state index in [1.165, 1.54) is 97.0 Å². The Bertz CT molecular complexity index is 4130. The Morgan fingerprint density at radius 3 is 1.79 bits per heavy atom. The predicted molar refractivity (Wildman–Crippen MR) is 400 cm³/mol. The first-order valence-electron chi connectivity index (χ1n) is 35.4. The first kappa shape index (κ1) is 82.2. The minimum absolute atomic E-state index is 0.00847. The molecular formula is C75H96N14O16S2. The summed E-state index contributed by atoms with van der Waals surface area (Å²) in [5.41, 5.74) is 7.42. The van der Waals surface area contributed by atoms with E-state index in [1.807, 2.05) is 24.3 Å². The van der Waals surface area contributed by atoms with Crippen LogP contribution in [-0.4, -0.2) is 195 Å². The van der Waals surface area contributed by atoms with E-state index in [-0.39, 0.29) is 75.2 Å². The van der Waals surface area contributed by atoms with E-state index in [1.54, 1.807) is 64.5 Å². The monoisotopic (exact) mass is 1510 g/mol. The molecule has 2 aliphatic rings. The molecule has 30 nitrogen and oxygen atoms in total. The number of pyridine rings is 1. The molecule has 0 spiro atoms. The molecule has 0 radical (unpaired) electrons. The number of H-pyrrole nitrogens is 2. The number of aromatic amines is 2. The smallest absolute Gasteiger partial charge is 0.303 e. The maximum atomic E-state index is 15.2. The molecule has 574 valence electrons. The molecule has 0 unspecified atom stereocenters. The lowest BCUT2D eigenvalue weighted by molar-refractivity contribution is -0.147. The number of amides is 11. The van der Waals surface area contributed by atoms with Crippen LogP contribution in [-0.2, 0) is 94.7 Å². The van der Waals surface area contributed by atoms with Crippen LogP contribution >= 0.6 is 23.5 Å². The molecule has 1 saturated heterocycles. The summed E-state index contributed by atoms with van der Waals surface area (Å²) in [4.78, 5) is 184. The van der Waals surface area contributed by atoms with Crippen LogP contribution in [0.5, 0.6) is 11.5 Å². The molecule has 1 fully saturated rings. The van der Waals surface area contributed by atoms with Gasteiger partial charge >= 0.3 is 5.97 Å². The van der Waals surface area contributed by atoms with Crippen molar-refractivity contribution in [1.82, 2.24) is 67.7 Å². The number of thioether (sulfide) groups is 2. The number of aromatic hydroxyl groups is 2. The number of phenols is 2. The third-order valence-electron chi connectivity index (χ3n) is 18.6. The number of carboxylic acids is 1. The molecular weight excluding hydrogens is 1420 g/mol. The van der Waals surface area contributed by atoms with Gasteiger partial charge in [0.25, 0.3) is 0 Å². The highest BCUT2D eigenvalue weighted by Gasteiger charge is 2.49. The highest BCUT2D eigenvalue weighted by Crippen LogP contribution is 2.32. The number of rotatable bonds is 15. The average Bonchev–Trinajstić information content (AvgIpc) is 1.65. The molecule has 2 aliphatic heterocycles. The van der Waals surface area contributed by atoms with Gasteiger partial charge < -0.3 is 88.9 Å². The van der Waals surface area contributed by atoms with Crippen LogP contribution in [0.1, 0.15) is 120 Å². The van der Waals surface area contributed by atoms with Crippen molar-refractivity contribution in [2.24, 2.45) is 11.1 Å². The van der Waals surface area contributed by atoms with Gasteiger partial charge in [0.1, 0.15) is 77.1 Å². The summed E-state index contributed by atoms with van der Waals surface area (Å²) >= 11 is 2.78. The van der Waals surface area contributed by atoms with Crippen molar-refractivity contribution >= 4 is 106 Å². The van der Waals surface area contributed by atoms with E-state index in [4.69, 9.17) is 5.73 Å². The van der Waals surface area contributed by atoms with Crippen LogP contribution in [0.15, 0.2) is 116 Å². The third kappa shape index (κ3) is 23.5. The number of fused-ring (bicyclic) bond motifs is 4. The molecule has 0 aliphatic carbocycles. The molecule has 3 aromatic carbocycles. The van der Waals surface area contributed by atoms with E-state index < -0.39 is 155 Å². The maximum Gasteiger partial charge on any atom is 0.303 e. The number of aliphatic carboxylic acids is 1. The third-order valence-corrected chi connectivity index (χ3v) is 20.8. The van der Waals surface area contributed by atoms with E-state index in [9.17, 15) is 68.4 Å². The van der Waals surface area contributed by atoms with Crippen molar-refractivity contribution in [2.45, 2.75) is 190 Å². The number of nitrogens with zero attached hydrogens (tertiary/aromatic N) is 2. The van der Waals surface area contributed by atoms with Gasteiger partial charge in [0, 0.05) is 98.3 Å². The number of hydrogen-bond donors (Lipinski definition) is 16. The molecule has 8 rings (SSSR count). The van der Waals surface area contributed by atoms with Gasteiger partial charge in [0.2, 0.25) is 65.0 Å². The molecule has 2 bridgehead atoms. The number of aliphatic hydroxyl groups is 1. The molecule has 0 saturated carbocycles. The summed E-state index contributed by atoms with van der Waals surface area (Å²) in [6.45, 7) is 9.63. The van der Waals surface area contributed by atoms with E-state index in [0.29, 0.717) is 57.0 Å². The van der Waals surface area contributed by atoms with Crippen LogP contribution in [0, 0.1) is 5.41 Å². The van der Waals surface area contributed by atoms with Gasteiger partial charge in [-0.15, -0.1) is 0 Å². The zero-order valence-corrected chi connectivity index (χ0v) is 62.2. The number of carboxylic acid groups (broad SMARTS) is 1. The molecule has 11 amide bonds. The molecule has 11 atom stereocenters. The average molecular weight is 1510 g/mol. The van der Waals surface area contributed by atoms with Crippen LogP contribution in [0.3, 0.4) is 0 Å². The minimum atomic E-state index is -1.86. The number of hydrogen-bond acceptors (Lipinski definition) is 18. The summed E-state index contributed by atoms with van der Waals surface area (Å²) in [5, 5.41) is 66.7. The number of nitrogens with one attached hydrogen (secondary N) is 11. The maximum absolute atomic E-state index is 15.2. The number of benzene rings is 3. The first-order valence-corrected chi connectivity index (χ1v) is 37.8. The first-order chi connectivity index (χ1) is 50.9. The number of aromatic nitrogens is 3. The lowest BCUT2D eigenvalue weighted by Crippen LogP contribution is -2.63. The summed E-state index contributed by atoms with van der Waals surface area (Å²) in [5.74, 6) is -9.80. The van der Waals surface area contributed by atoms with Crippen LogP contribution in [0.4, 0.5) is 0 Å². The second-order valence-electron chi connectivity index (χ2n) is 28.2. The Hall–Kier alpha value is -10.5. The lowest BCUT2D eigenvalue weighted by atomic mass is 9.85. The second kappa shape index (κ2) is 38.2. The Morgan fingerprint density at radius 2 is 1.20 bits per heavy atom. The lowest BCUT2D eigenvalue weighted by Gasteiger charge is -2.37. The van der Waals surface area contributed by atoms with Crippen molar-refractivity contribution in [3.05, 3.63) is 149 Å². The molecule has 32 heteroatoms. The van der Waals surface area contributed by atoms with Crippen LogP contribution in [0.2, 0.25) is 0 Å². The van der Waals surface area contributed by atoms with Gasteiger partial charge in [-0.05, 0) is 121 Å². The van der Waals surface area contributed by atoms with Gasteiger partial charge in [-0.1, -0.05) is 82.6 Å². The van der Waals surface area contributed by atoms with Crippen molar-refractivity contribution in [3.63, 3.8) is 0 Å². The zero-order chi connectivity index (χ0) is 77.7. The molecule has 5 heterocycles. The predicted octanol–water partition coefficient (Wildman–Crippen LogP) is 2.46. The Labute approximate surface area is 627 Å². The van der Waals surface area contributed by atoms with Gasteiger partial charge in [0.05, 0.1) is 6.10 Å². The highest BCUT2D eigenvalue weighted by atomic mass is 32.2. The van der Waals surface area contributed by atoms with Gasteiger partial charge in [-0.25, -0.2) is 4.98 Å². The summed E-state index contributed by atoms with van der Waals surface area (Å²) < 4.78 is 0. The van der Waals surface area contributed by atoms with Crippen LogP contribution in [0.25, 0.3) is 11.0 Å². The van der Waals surface area contributed by atoms with Crippen molar-refractivity contribution in [1.29, 1.82) is 0 Å². The Balaban J connectivity index is 1.14. The number of phenolic OH excluding ortho intramolecular Hbond substituents is 2. The zero-order valence-electron chi connectivity index (χ0n) is 60.5. The van der Waals surface area contributed by atoms with Gasteiger partial charge in [-0.2, -0.15) is 23.5 Å². The van der Waals surface area contributed by atoms with Crippen molar-refractivity contribution < 1.29 is 78.0 Å². The van der Waals surface area contributed by atoms with Crippen molar-refractivity contribution in [3.8, 4) is 11.5 Å². The van der Waals surface area contributed by atoms with Gasteiger partial charge in [0.15, 0.2) is 0 Å². The fourth-order valence-electron chi connectivity index (χ4n) is 12.7. The quantitative estimate of drug-likeness (QED) is 0.0702. The normalized spacial score (nSPS) is 24.2. The number of nitrogens with two attached hydrogens (primary N) is 1. The number of aliphatic hydroxyl groups excluding tert-OH is 1. The molecule has 6 aromatic rings. The van der Waals surface area contributed by atoms with E-state index in [0.717, 1.165) is 11.1 Å². The standard InChI is InChI=1S/C75H96N14O16S2/c1-7-11-52-65(97)81-53(23-24-60(94)95)66(98)85-57(34-44-17-21-50(92)22-18-44)72(104)89-30-10-27-75(89,6)73(105)86-58(63(76)96)41-107-40-47-13-8-12-46(32-47)39-106-31-26-59(93)87-62(74(3,4)5)71(103)84-54(33-43-15-19-49(91)20-16-43)67(99)82-55(35-45-25-29-77-37-45)69(101)88-61(42(2)90)70(102)83-56(68(100)80-52)36-48-38-79-64-51(48)14-9-28-78-64/h8-9,12-22,25,28-29,32,37-38,42,52-58,61-62,77,90-92H,7,10-11,23-24,26-27,30-31,33-36,39-41H2,1-6H3,(H2,76,96)(H,78,79)(H,80,100)(H,81,97)(H,82,99)(H,83,102)(H,84,103)(H,85,98)(H,86,105)(H,87,93)(H,88,101)(H,94,95)/t42-,52+,53+,54+,55+,56+,57+,58+,61+,62-,75+/m1/s1. The largest absolute Gasteiger partial charge is 0.508 e. The summed E-state index contributed by atoms with van der Waals surface area (Å²) in [6.07, 6.45) is 2.90. The molecule has 3 aromatic heterocycles. The minimum Gasteiger partial charge on any atom is -0.508 e. The van der Waals surface area contributed by atoms with E-state index >= 15 is 9.59 Å². The Kier molecular flexibility index (Phi) is 29.3. The number of carbonyl (C=O) groups excluding carboxylic acids is 11. The SMILES string of the molecule is CCC[C@@H]1NC(=O)[C@H](Cc2c[nH]c3ncccc23)NC(=O)[C@H]([C@@H](C)O)NC(=O)[C@H](Cc2cc[nH]c2)NC(=O)[C@H](Cc2ccc(O)cc2)NC(=O)[C@H](C(C)(C)C)NC(=O)CCSCc2cccc(c2)CSC[C@@H](C(N)=O)NC(=O)[C@]2(C)CCCN2C(=O)[C@H](Cc2ccc(O)cc2)NC(=O)[C@H](CCC(=O)O)NC1=O. The number of primary amides is 1. The molecule has 107 heavy (non-hydrogen) atoms. The summed E-state index contributed by atoms with van der Waals surface area (Å²) in [7, 11) is 0. The topological polar surface area (TPSA) is 468 Å². The Morgan fingerprint density at radius 1 is 0.645 bits per heavy atom. The highest BCUT2D eigenvalue weighted by molar-refractivity contribution is 7.98. The van der Waals surface area contributed by atoms with Gasteiger partial charge in [-0.3, -0.25) is 57.5 Å².